The van der Waals surface area contributed by atoms with Crippen LogP contribution in [0, 0.1) is 12.8 Å². The van der Waals surface area contributed by atoms with Crippen molar-refractivity contribution in [3.8, 4) is 0 Å². The molecule has 0 radical (unpaired) electrons. The molecule has 1 aromatic carbocycles. The zero-order valence-corrected chi connectivity index (χ0v) is 14.3. The molecule has 1 aliphatic rings. The number of carbonyl (C=O) groups excluding carboxylic acids is 1. The smallest absolute Gasteiger partial charge is 0.137 e. The molecule has 3 rings (SSSR count). The topological polar surface area (TPSA) is 63.3 Å². The molecule has 0 bridgehead atoms. The number of aromatic nitrogens is 1. The van der Waals surface area contributed by atoms with Crippen molar-refractivity contribution >= 4 is 21.7 Å². The second-order valence-electron chi connectivity index (χ2n) is 6.25. The third-order valence-corrected chi connectivity index (χ3v) is 5.02. The maximum Gasteiger partial charge on any atom is 0.137 e. The quantitative estimate of drug-likeness (QED) is 0.887. The van der Waals surface area contributed by atoms with Gasteiger partial charge in [-0.2, -0.15) is 0 Å². The molecule has 0 spiro atoms. The monoisotopic (exact) mass is 363 g/mol. The van der Waals surface area contributed by atoms with Crippen molar-refractivity contribution in [3.63, 3.8) is 0 Å². The van der Waals surface area contributed by atoms with Crippen LogP contribution in [-0.4, -0.2) is 21.6 Å². The van der Waals surface area contributed by atoms with Crippen LogP contribution in [0.15, 0.2) is 33.3 Å². The molecule has 4 nitrogen and oxygen atoms in total. The molecule has 1 N–H and O–H groups in total. The van der Waals surface area contributed by atoms with E-state index in [9.17, 15) is 9.90 Å². The van der Waals surface area contributed by atoms with Crippen molar-refractivity contribution in [1.82, 2.24) is 5.16 Å². The fourth-order valence-corrected chi connectivity index (χ4v) is 3.89. The van der Waals surface area contributed by atoms with Crippen LogP contribution in [-0.2, 0) is 11.2 Å². The largest absolute Gasteiger partial charge is 0.389 e. The van der Waals surface area contributed by atoms with Crippen LogP contribution in [0.4, 0.5) is 0 Å². The van der Waals surface area contributed by atoms with E-state index in [4.69, 9.17) is 4.52 Å². The molecule has 0 saturated carbocycles. The predicted octanol–water partition coefficient (Wildman–Crippen LogP) is 3.39. The van der Waals surface area contributed by atoms with Gasteiger partial charge in [0.25, 0.3) is 0 Å². The summed E-state index contributed by atoms with van der Waals surface area (Å²) in [6.07, 6.45) is 0.330. The van der Waals surface area contributed by atoms with Gasteiger partial charge in [0, 0.05) is 22.4 Å². The Morgan fingerprint density at radius 1 is 1.41 bits per heavy atom. The molecule has 0 unspecified atom stereocenters. The summed E-state index contributed by atoms with van der Waals surface area (Å²) in [7, 11) is 0. The molecule has 0 fully saturated rings. The highest BCUT2D eigenvalue weighted by molar-refractivity contribution is 9.10. The Hall–Kier alpha value is -1.46. The molecule has 0 saturated heterocycles. The van der Waals surface area contributed by atoms with E-state index < -0.39 is 11.5 Å². The summed E-state index contributed by atoms with van der Waals surface area (Å²) < 4.78 is 6.31. The summed E-state index contributed by atoms with van der Waals surface area (Å²) in [4.78, 5) is 12.3. The van der Waals surface area contributed by atoms with Crippen LogP contribution < -0.4 is 0 Å². The highest BCUT2D eigenvalue weighted by Gasteiger charge is 2.49. The van der Waals surface area contributed by atoms with Crippen LogP contribution in [0.1, 0.15) is 42.3 Å². The fraction of sp³-hybridized carbons (Fsp3) is 0.412. The van der Waals surface area contributed by atoms with Crippen LogP contribution in [0.3, 0.4) is 0 Å². The van der Waals surface area contributed by atoms with E-state index in [1.807, 2.05) is 31.2 Å². The molecule has 0 aliphatic heterocycles. The maximum absolute atomic E-state index is 12.3. The highest BCUT2D eigenvalue weighted by atomic mass is 79.9. The van der Waals surface area contributed by atoms with Gasteiger partial charge in [0.2, 0.25) is 0 Å². The summed E-state index contributed by atoms with van der Waals surface area (Å²) in [5.41, 5.74) is 1.53. The van der Waals surface area contributed by atoms with Gasteiger partial charge in [-0.15, -0.1) is 0 Å². The van der Waals surface area contributed by atoms with Crippen molar-refractivity contribution in [2.24, 2.45) is 5.92 Å². The van der Waals surface area contributed by atoms with Gasteiger partial charge in [-0.1, -0.05) is 33.2 Å². The lowest BCUT2D eigenvalue weighted by atomic mass is 9.64. The average molecular weight is 364 g/mol. The predicted molar refractivity (Wildman–Crippen MR) is 85.7 cm³/mol. The molecule has 1 aliphatic carbocycles. The Balaban J connectivity index is 2.23. The first kappa shape index (κ1) is 15.4. The van der Waals surface area contributed by atoms with Crippen molar-refractivity contribution < 1.29 is 14.4 Å². The minimum atomic E-state index is -1.14. The Labute approximate surface area is 137 Å². The lowest BCUT2D eigenvalue weighted by Gasteiger charge is -2.40. The number of fused-ring (bicyclic) bond motifs is 1. The van der Waals surface area contributed by atoms with Gasteiger partial charge in [-0.25, -0.2) is 0 Å². The van der Waals surface area contributed by atoms with Crippen LogP contribution in [0.25, 0.3) is 0 Å². The molecule has 3 atom stereocenters. The summed E-state index contributed by atoms with van der Waals surface area (Å²) >= 11 is 3.43. The van der Waals surface area contributed by atoms with Gasteiger partial charge < -0.3 is 9.63 Å². The molecule has 1 heterocycles. The Bertz CT molecular complexity index is 718. The number of nitrogens with zero attached hydrogens (tertiary/aromatic N) is 1. The Kier molecular flexibility index (Phi) is 3.73. The van der Waals surface area contributed by atoms with E-state index >= 15 is 0 Å². The second kappa shape index (κ2) is 5.32. The molecule has 0 amide bonds. The molecule has 116 valence electrons. The van der Waals surface area contributed by atoms with E-state index in [1.165, 1.54) is 0 Å². The van der Waals surface area contributed by atoms with Gasteiger partial charge >= 0.3 is 0 Å². The van der Waals surface area contributed by atoms with Gasteiger partial charge in [-0.3, -0.25) is 4.79 Å². The number of carbonyl (C=O) groups is 1. The van der Waals surface area contributed by atoms with E-state index in [0.29, 0.717) is 12.2 Å². The first-order valence-electron chi connectivity index (χ1n) is 7.24. The van der Waals surface area contributed by atoms with Gasteiger partial charge in [0.05, 0.1) is 17.2 Å². The van der Waals surface area contributed by atoms with Crippen molar-refractivity contribution in [2.75, 3.05) is 0 Å². The average Bonchev–Trinajstić information content (AvgIpc) is 2.77. The third kappa shape index (κ3) is 2.42. The lowest BCUT2D eigenvalue weighted by molar-refractivity contribution is -0.130. The number of aliphatic hydroxyl groups is 1. The molecule has 5 heteroatoms. The van der Waals surface area contributed by atoms with Crippen LogP contribution >= 0.6 is 15.9 Å². The summed E-state index contributed by atoms with van der Waals surface area (Å²) in [5.74, 6) is -0.0660. The molecule has 2 aromatic rings. The first-order valence-corrected chi connectivity index (χ1v) is 8.04. The van der Waals surface area contributed by atoms with Gasteiger partial charge in [-0.05, 0) is 38.5 Å². The van der Waals surface area contributed by atoms with Crippen molar-refractivity contribution in [1.29, 1.82) is 0 Å². The van der Waals surface area contributed by atoms with E-state index in [0.717, 1.165) is 21.3 Å². The van der Waals surface area contributed by atoms with Gasteiger partial charge in [0.15, 0.2) is 0 Å². The fourth-order valence-electron chi connectivity index (χ4n) is 3.63. The Morgan fingerprint density at radius 2 is 2.05 bits per heavy atom. The SMILES string of the molecule is CC(=O)[C@H]1[C@@H](c2ccc(Br)cc2)c2c(noc2C)C[C@@]1(C)O. The number of ketones is 1. The van der Waals surface area contributed by atoms with E-state index in [2.05, 4.69) is 21.1 Å². The standard InChI is InChI=1S/C17H18BrNO3/c1-9(20)16-15(11-4-6-12(18)7-5-11)14-10(2)22-19-13(14)8-17(16,3)21/h4-7,15-16,21H,8H2,1-3H3/t15-,16-,17+/m0/s1. The number of aryl methyl sites for hydroxylation is 1. The summed E-state index contributed by atoms with van der Waals surface area (Å²) in [6, 6.07) is 7.83. The number of benzene rings is 1. The first-order chi connectivity index (χ1) is 10.3. The third-order valence-electron chi connectivity index (χ3n) is 4.49. The highest BCUT2D eigenvalue weighted by Crippen LogP contribution is 2.47. The van der Waals surface area contributed by atoms with Crippen molar-refractivity contribution in [2.45, 2.75) is 38.7 Å². The second-order valence-corrected chi connectivity index (χ2v) is 7.17. The van der Waals surface area contributed by atoms with Crippen LogP contribution in [0.5, 0.6) is 0 Å². The van der Waals surface area contributed by atoms with Crippen molar-refractivity contribution in [3.05, 3.63) is 51.3 Å². The maximum atomic E-state index is 12.3. The van der Waals surface area contributed by atoms with E-state index in [1.54, 1.807) is 13.8 Å². The minimum Gasteiger partial charge on any atom is -0.389 e. The number of hydrogen-bond donors (Lipinski definition) is 1. The zero-order chi connectivity index (χ0) is 16.1. The normalized spacial score (nSPS) is 27.5. The lowest BCUT2D eigenvalue weighted by Crippen LogP contribution is -2.48. The molecular weight excluding hydrogens is 346 g/mol. The van der Waals surface area contributed by atoms with E-state index in [-0.39, 0.29) is 11.7 Å². The summed E-state index contributed by atoms with van der Waals surface area (Å²) in [5, 5.41) is 14.9. The number of halogens is 1. The van der Waals surface area contributed by atoms with Gasteiger partial charge in [0.1, 0.15) is 11.5 Å². The minimum absolute atomic E-state index is 0.0239. The molecular formula is C17H18BrNO3. The zero-order valence-electron chi connectivity index (χ0n) is 12.8. The molecule has 22 heavy (non-hydrogen) atoms. The number of hydrogen-bond acceptors (Lipinski definition) is 4. The molecule has 1 aromatic heterocycles. The Morgan fingerprint density at radius 3 is 2.64 bits per heavy atom. The van der Waals surface area contributed by atoms with Crippen LogP contribution in [0.2, 0.25) is 0 Å². The number of Topliss-reactive ketones (excluding diaryl/α,β-unsaturated/α-hetero) is 1. The summed E-state index contributed by atoms with van der Waals surface area (Å²) in [6.45, 7) is 5.10. The number of rotatable bonds is 2.